The number of aliphatic hydroxyl groups excluding tert-OH is 1. The Morgan fingerprint density at radius 2 is 1.80 bits per heavy atom. The summed E-state index contributed by atoms with van der Waals surface area (Å²) in [5.74, 6) is -0.0400. The van der Waals surface area contributed by atoms with Crippen LogP contribution in [0.5, 0.6) is 0 Å². The van der Waals surface area contributed by atoms with E-state index in [1.165, 1.54) is 6.07 Å². The quantitative estimate of drug-likeness (QED) is 0.787. The van der Waals surface area contributed by atoms with E-state index in [1.54, 1.807) is 0 Å². The van der Waals surface area contributed by atoms with E-state index >= 15 is 0 Å². The van der Waals surface area contributed by atoms with Crippen molar-refractivity contribution in [2.75, 3.05) is 5.32 Å². The number of hydrogen-bond acceptors (Lipinski definition) is 3. The molecule has 0 amide bonds. The molecule has 0 aliphatic carbocycles. The Kier molecular flexibility index (Phi) is 3.96. The Balaban J connectivity index is 1.78. The summed E-state index contributed by atoms with van der Waals surface area (Å²) < 4.78 is 45.0. The second-order valence-corrected chi connectivity index (χ2v) is 6.59. The van der Waals surface area contributed by atoms with Crippen LogP contribution in [0, 0.1) is 5.92 Å². The molecular formula is C19H18F3NO2. The van der Waals surface area contributed by atoms with Crippen LogP contribution in [0.4, 0.5) is 18.9 Å². The molecule has 0 spiro atoms. The minimum Gasteiger partial charge on any atom is -0.378 e. The van der Waals surface area contributed by atoms with Gasteiger partial charge < -0.3 is 15.2 Å². The summed E-state index contributed by atoms with van der Waals surface area (Å²) in [6.45, 7) is 0. The van der Waals surface area contributed by atoms with Gasteiger partial charge in [-0.1, -0.05) is 30.3 Å². The smallest absolute Gasteiger partial charge is 0.378 e. The first-order valence-electron chi connectivity index (χ1n) is 8.29. The van der Waals surface area contributed by atoms with Gasteiger partial charge in [-0.15, -0.1) is 0 Å². The van der Waals surface area contributed by atoms with Crippen LogP contribution in [-0.2, 0) is 10.9 Å². The van der Waals surface area contributed by atoms with Crippen molar-refractivity contribution in [2.45, 2.75) is 37.5 Å². The van der Waals surface area contributed by atoms with Crippen molar-refractivity contribution in [1.29, 1.82) is 0 Å². The van der Waals surface area contributed by atoms with Crippen molar-refractivity contribution in [3.8, 4) is 0 Å². The molecule has 2 heterocycles. The van der Waals surface area contributed by atoms with Crippen LogP contribution in [0.25, 0.3) is 0 Å². The number of anilines is 1. The Labute approximate surface area is 143 Å². The van der Waals surface area contributed by atoms with Gasteiger partial charge in [0.2, 0.25) is 0 Å². The van der Waals surface area contributed by atoms with Crippen molar-refractivity contribution in [2.24, 2.45) is 5.92 Å². The van der Waals surface area contributed by atoms with Gasteiger partial charge in [-0.25, -0.2) is 0 Å². The van der Waals surface area contributed by atoms with E-state index in [2.05, 4.69) is 5.32 Å². The molecule has 25 heavy (non-hydrogen) atoms. The summed E-state index contributed by atoms with van der Waals surface area (Å²) >= 11 is 0. The summed E-state index contributed by atoms with van der Waals surface area (Å²) in [7, 11) is 0. The molecule has 3 nitrogen and oxygen atoms in total. The summed E-state index contributed by atoms with van der Waals surface area (Å²) in [5.41, 5.74) is 1.44. The van der Waals surface area contributed by atoms with E-state index in [4.69, 9.17) is 4.74 Å². The van der Waals surface area contributed by atoms with Crippen LogP contribution in [0.15, 0.2) is 48.5 Å². The van der Waals surface area contributed by atoms with Crippen LogP contribution in [-0.4, -0.2) is 11.4 Å². The molecule has 2 aliphatic heterocycles. The summed E-state index contributed by atoms with van der Waals surface area (Å²) in [4.78, 5) is 0. The lowest BCUT2D eigenvalue weighted by Gasteiger charge is -2.44. The molecule has 0 bridgehead atoms. The van der Waals surface area contributed by atoms with Crippen molar-refractivity contribution in [3.63, 3.8) is 0 Å². The fourth-order valence-electron chi connectivity index (χ4n) is 3.84. The molecule has 4 atom stereocenters. The molecular weight excluding hydrogens is 331 g/mol. The average Bonchev–Trinajstić information content (AvgIpc) is 2.60. The van der Waals surface area contributed by atoms with Crippen LogP contribution in [0.1, 0.15) is 41.7 Å². The van der Waals surface area contributed by atoms with Gasteiger partial charge >= 0.3 is 6.18 Å². The molecule has 0 saturated carbocycles. The van der Waals surface area contributed by atoms with Crippen molar-refractivity contribution in [1.82, 2.24) is 0 Å². The van der Waals surface area contributed by atoms with Gasteiger partial charge in [-0.05, 0) is 36.6 Å². The monoisotopic (exact) mass is 349 g/mol. The van der Waals surface area contributed by atoms with Crippen molar-refractivity contribution < 1.29 is 23.0 Å². The second kappa shape index (κ2) is 6.04. The van der Waals surface area contributed by atoms with Crippen molar-refractivity contribution >= 4 is 5.69 Å². The highest BCUT2D eigenvalue weighted by Crippen LogP contribution is 2.50. The lowest BCUT2D eigenvalue weighted by Crippen LogP contribution is -2.39. The maximum absolute atomic E-state index is 13.1. The Morgan fingerprint density at radius 3 is 2.52 bits per heavy atom. The molecule has 0 aromatic heterocycles. The summed E-state index contributed by atoms with van der Waals surface area (Å²) in [6.07, 6.45) is -4.77. The van der Waals surface area contributed by atoms with E-state index < -0.39 is 24.1 Å². The molecule has 0 radical (unpaired) electrons. The van der Waals surface area contributed by atoms with Crippen LogP contribution in [0.3, 0.4) is 0 Å². The molecule has 4 rings (SSSR count). The van der Waals surface area contributed by atoms with Crippen molar-refractivity contribution in [3.05, 3.63) is 65.2 Å². The first kappa shape index (κ1) is 16.4. The number of rotatable bonds is 1. The largest absolute Gasteiger partial charge is 0.416 e. The number of aliphatic hydroxyl groups is 1. The fourth-order valence-corrected chi connectivity index (χ4v) is 3.84. The number of fused-ring (bicyclic) bond motifs is 3. The first-order valence-corrected chi connectivity index (χ1v) is 8.29. The van der Waals surface area contributed by atoms with Gasteiger partial charge in [-0.2, -0.15) is 13.2 Å². The van der Waals surface area contributed by atoms with Gasteiger partial charge in [0.25, 0.3) is 0 Å². The minimum atomic E-state index is -4.41. The van der Waals surface area contributed by atoms with Gasteiger partial charge in [0.15, 0.2) is 6.29 Å². The van der Waals surface area contributed by atoms with E-state index in [9.17, 15) is 18.3 Å². The van der Waals surface area contributed by atoms with E-state index in [-0.39, 0.29) is 12.0 Å². The number of ether oxygens (including phenoxy) is 1. The number of hydrogen-bond donors (Lipinski definition) is 2. The number of halogens is 3. The van der Waals surface area contributed by atoms with Gasteiger partial charge in [0.05, 0.1) is 17.7 Å². The lowest BCUT2D eigenvalue weighted by molar-refractivity contribution is -0.189. The Morgan fingerprint density at radius 1 is 1.04 bits per heavy atom. The van der Waals surface area contributed by atoms with Gasteiger partial charge in [0, 0.05) is 17.2 Å². The van der Waals surface area contributed by atoms with Crippen LogP contribution < -0.4 is 5.32 Å². The maximum Gasteiger partial charge on any atom is 0.416 e. The predicted molar refractivity (Wildman–Crippen MR) is 86.8 cm³/mol. The van der Waals surface area contributed by atoms with E-state index in [1.807, 2.05) is 30.3 Å². The lowest BCUT2D eigenvalue weighted by atomic mass is 9.77. The zero-order valence-corrected chi connectivity index (χ0v) is 13.3. The summed E-state index contributed by atoms with van der Waals surface area (Å²) in [5, 5.41) is 13.3. The molecule has 1 fully saturated rings. The predicted octanol–water partition coefficient (Wildman–Crippen LogP) is 4.66. The molecule has 2 N–H and O–H groups in total. The number of benzene rings is 2. The fraction of sp³-hybridized carbons (Fsp3) is 0.368. The Hall–Kier alpha value is -2.05. The number of alkyl halides is 3. The normalized spacial score (nSPS) is 28.6. The SMILES string of the molecule is OC1CCC2C(O1)c1cc(C(F)(F)F)ccc1N[C@H]2c1ccccc1. The maximum atomic E-state index is 13.1. The molecule has 6 heteroatoms. The third-order valence-electron chi connectivity index (χ3n) is 5.02. The first-order chi connectivity index (χ1) is 11.9. The molecule has 2 aromatic carbocycles. The van der Waals surface area contributed by atoms with E-state index in [0.717, 1.165) is 17.7 Å². The zero-order valence-electron chi connectivity index (χ0n) is 13.3. The topological polar surface area (TPSA) is 41.5 Å². The summed E-state index contributed by atoms with van der Waals surface area (Å²) in [6, 6.07) is 13.4. The van der Waals surface area contributed by atoms with Gasteiger partial charge in [0.1, 0.15) is 0 Å². The second-order valence-electron chi connectivity index (χ2n) is 6.59. The van der Waals surface area contributed by atoms with Crippen LogP contribution >= 0.6 is 0 Å². The third-order valence-corrected chi connectivity index (χ3v) is 5.02. The van der Waals surface area contributed by atoms with Crippen LogP contribution in [0.2, 0.25) is 0 Å². The highest BCUT2D eigenvalue weighted by molar-refractivity contribution is 5.58. The van der Waals surface area contributed by atoms with Gasteiger partial charge in [-0.3, -0.25) is 0 Å². The zero-order chi connectivity index (χ0) is 17.6. The number of nitrogens with one attached hydrogen (secondary N) is 1. The molecule has 2 aliphatic rings. The Bertz CT molecular complexity index is 763. The van der Waals surface area contributed by atoms with E-state index in [0.29, 0.717) is 24.1 Å². The minimum absolute atomic E-state index is 0.0400. The standard InChI is InChI=1S/C19H18F3NO2/c20-19(21,22)12-6-8-15-14(10-12)18-13(7-9-16(24)25-18)17(23-15)11-4-2-1-3-5-11/h1-6,8,10,13,16-18,23-24H,7,9H2/t13?,16?,17-,18?/m0/s1. The molecule has 2 aromatic rings. The molecule has 3 unspecified atom stereocenters. The third kappa shape index (κ3) is 3.00. The average molecular weight is 349 g/mol. The molecule has 132 valence electrons. The highest BCUT2D eigenvalue weighted by atomic mass is 19.4. The highest BCUT2D eigenvalue weighted by Gasteiger charge is 2.43. The molecule has 1 saturated heterocycles.